The second kappa shape index (κ2) is 4.51. The fourth-order valence-corrected chi connectivity index (χ4v) is 2.09. The van der Waals surface area contributed by atoms with Crippen molar-refractivity contribution < 1.29 is 9.02 Å². The van der Waals surface area contributed by atoms with E-state index in [1.165, 1.54) is 6.07 Å². The lowest BCUT2D eigenvalue weighted by Crippen LogP contribution is -1.96. The van der Waals surface area contributed by atoms with Crippen LogP contribution >= 0.6 is 15.9 Å². The van der Waals surface area contributed by atoms with Crippen molar-refractivity contribution in [3.05, 3.63) is 40.6 Å². The number of benzene rings is 2. The fraction of sp³-hybridized carbons (Fsp3) is 0. The van der Waals surface area contributed by atoms with Gasteiger partial charge in [-0.1, -0.05) is 15.9 Å². The van der Waals surface area contributed by atoms with Crippen molar-refractivity contribution in [1.82, 2.24) is 10.3 Å². The summed E-state index contributed by atoms with van der Waals surface area (Å²) >= 11 is 3.29. The average molecular weight is 323 g/mol. The number of hydrogen-bond donors (Lipinski definition) is 2. The minimum absolute atomic E-state index is 0.323. The van der Waals surface area contributed by atoms with Gasteiger partial charge in [-0.25, -0.2) is 9.02 Å². The lowest BCUT2D eigenvalue weighted by molar-refractivity contribution is 0.316. The Balaban J connectivity index is 2.08. The molecule has 0 aliphatic rings. The number of rotatable bonds is 2. The third-order valence-corrected chi connectivity index (χ3v) is 3.14. The van der Waals surface area contributed by atoms with Crippen LogP contribution in [0.5, 0.6) is 0 Å². The molecule has 0 amide bonds. The van der Waals surface area contributed by atoms with Crippen LogP contribution in [0.3, 0.4) is 0 Å². The highest BCUT2D eigenvalue weighted by Crippen LogP contribution is 2.29. The van der Waals surface area contributed by atoms with E-state index in [1.54, 1.807) is 24.3 Å². The normalized spacial score (nSPS) is 10.8. The van der Waals surface area contributed by atoms with Crippen LogP contribution in [0.25, 0.3) is 11.0 Å². The van der Waals surface area contributed by atoms with Gasteiger partial charge in [0.15, 0.2) is 11.0 Å². The smallest absolute Gasteiger partial charge is 0.160 e. The first-order chi connectivity index (χ1) is 9.15. The molecule has 3 N–H and O–H groups in total. The third-order valence-electron chi connectivity index (χ3n) is 2.64. The Labute approximate surface area is 115 Å². The summed E-state index contributed by atoms with van der Waals surface area (Å²) in [6.45, 7) is 0. The van der Waals surface area contributed by atoms with E-state index in [9.17, 15) is 4.39 Å². The molecule has 0 spiro atoms. The van der Waals surface area contributed by atoms with Crippen molar-refractivity contribution in [2.24, 2.45) is 0 Å². The number of aromatic nitrogens is 2. The molecule has 0 saturated heterocycles. The van der Waals surface area contributed by atoms with Gasteiger partial charge in [0.05, 0.1) is 17.1 Å². The molecule has 0 atom stereocenters. The first kappa shape index (κ1) is 11.9. The molecule has 3 aromatic rings. The SMILES string of the molecule is Nc1ccc(Nc2cc(Br)ccc2F)c2nonc12. The maximum Gasteiger partial charge on any atom is 0.160 e. The van der Waals surface area contributed by atoms with E-state index < -0.39 is 0 Å². The van der Waals surface area contributed by atoms with Gasteiger partial charge >= 0.3 is 0 Å². The molecule has 3 rings (SSSR count). The maximum absolute atomic E-state index is 13.7. The Morgan fingerprint density at radius 2 is 1.89 bits per heavy atom. The first-order valence-corrected chi connectivity index (χ1v) is 6.17. The summed E-state index contributed by atoms with van der Waals surface area (Å²) in [5, 5.41) is 10.4. The Morgan fingerprint density at radius 3 is 2.74 bits per heavy atom. The van der Waals surface area contributed by atoms with E-state index in [0.717, 1.165) is 4.47 Å². The van der Waals surface area contributed by atoms with Gasteiger partial charge in [-0.3, -0.25) is 0 Å². The zero-order chi connectivity index (χ0) is 13.4. The van der Waals surface area contributed by atoms with Crippen LogP contribution in [0.1, 0.15) is 0 Å². The summed E-state index contributed by atoms with van der Waals surface area (Å²) in [4.78, 5) is 0. The largest absolute Gasteiger partial charge is 0.397 e. The number of anilines is 3. The van der Waals surface area contributed by atoms with Crippen LogP contribution < -0.4 is 11.1 Å². The number of halogens is 2. The molecule has 0 aliphatic carbocycles. The number of fused-ring (bicyclic) bond motifs is 1. The molecule has 96 valence electrons. The Hall–Kier alpha value is -2.15. The summed E-state index contributed by atoms with van der Waals surface area (Å²) in [5.74, 6) is -0.371. The van der Waals surface area contributed by atoms with Crippen LogP contribution in [-0.2, 0) is 0 Å². The Bertz CT molecular complexity index is 759. The van der Waals surface area contributed by atoms with Crippen molar-refractivity contribution in [1.29, 1.82) is 0 Å². The molecule has 19 heavy (non-hydrogen) atoms. The molecule has 0 radical (unpaired) electrons. The molecule has 0 saturated carbocycles. The summed E-state index contributed by atoms with van der Waals surface area (Å²) in [6.07, 6.45) is 0. The van der Waals surface area contributed by atoms with Gasteiger partial charge in [-0.2, -0.15) is 0 Å². The van der Waals surface area contributed by atoms with Crippen molar-refractivity contribution >= 4 is 44.0 Å². The highest BCUT2D eigenvalue weighted by molar-refractivity contribution is 9.10. The summed E-state index contributed by atoms with van der Waals surface area (Å²) in [7, 11) is 0. The standard InChI is InChI=1S/C12H8BrFN4O/c13-6-1-2-7(14)10(5-6)16-9-4-3-8(15)11-12(9)18-19-17-11/h1-5,16H,15H2. The molecule has 0 fully saturated rings. The highest BCUT2D eigenvalue weighted by atomic mass is 79.9. The Kier molecular flexibility index (Phi) is 2.83. The van der Waals surface area contributed by atoms with Crippen LogP contribution in [0.15, 0.2) is 39.4 Å². The van der Waals surface area contributed by atoms with Gasteiger partial charge in [-0.15, -0.1) is 0 Å². The second-order valence-electron chi connectivity index (χ2n) is 3.91. The average Bonchev–Trinajstić information content (AvgIpc) is 2.87. The van der Waals surface area contributed by atoms with E-state index in [-0.39, 0.29) is 5.82 Å². The zero-order valence-electron chi connectivity index (χ0n) is 9.52. The predicted molar refractivity (Wildman–Crippen MR) is 73.6 cm³/mol. The Morgan fingerprint density at radius 1 is 1.11 bits per heavy atom. The van der Waals surface area contributed by atoms with Crippen molar-refractivity contribution in [3.63, 3.8) is 0 Å². The molecule has 1 heterocycles. The van der Waals surface area contributed by atoms with Crippen LogP contribution in [0, 0.1) is 5.82 Å². The van der Waals surface area contributed by atoms with E-state index in [0.29, 0.717) is 28.1 Å². The molecule has 1 aromatic heterocycles. The minimum Gasteiger partial charge on any atom is -0.397 e. The van der Waals surface area contributed by atoms with Crippen LogP contribution in [-0.4, -0.2) is 10.3 Å². The monoisotopic (exact) mass is 322 g/mol. The quantitative estimate of drug-likeness (QED) is 0.706. The molecule has 2 aromatic carbocycles. The third kappa shape index (κ3) is 2.12. The predicted octanol–water partition coefficient (Wildman–Crippen LogP) is 3.45. The summed E-state index contributed by atoms with van der Waals surface area (Å²) in [5.41, 5.74) is 8.00. The highest BCUT2D eigenvalue weighted by Gasteiger charge is 2.11. The van der Waals surface area contributed by atoms with E-state index in [1.807, 2.05) is 0 Å². The molecular formula is C12H8BrFN4O. The first-order valence-electron chi connectivity index (χ1n) is 5.38. The van der Waals surface area contributed by atoms with Gasteiger partial charge in [0.25, 0.3) is 0 Å². The number of hydrogen-bond acceptors (Lipinski definition) is 5. The molecule has 5 nitrogen and oxygen atoms in total. The molecular weight excluding hydrogens is 315 g/mol. The molecule has 0 aliphatic heterocycles. The number of nitrogens with zero attached hydrogens (tertiary/aromatic N) is 2. The van der Waals surface area contributed by atoms with Crippen molar-refractivity contribution in [2.45, 2.75) is 0 Å². The summed E-state index contributed by atoms with van der Waals surface area (Å²) in [6, 6.07) is 7.97. The number of nitrogen functional groups attached to an aromatic ring is 1. The second-order valence-corrected chi connectivity index (χ2v) is 4.83. The van der Waals surface area contributed by atoms with E-state index >= 15 is 0 Å². The van der Waals surface area contributed by atoms with Gasteiger partial charge in [-0.05, 0) is 40.6 Å². The summed E-state index contributed by atoms with van der Waals surface area (Å²) < 4.78 is 19.1. The molecule has 0 bridgehead atoms. The topological polar surface area (TPSA) is 77.0 Å². The van der Waals surface area contributed by atoms with Crippen molar-refractivity contribution in [2.75, 3.05) is 11.1 Å². The lowest BCUT2D eigenvalue weighted by Gasteiger charge is -2.08. The minimum atomic E-state index is -0.371. The van der Waals surface area contributed by atoms with Gasteiger partial charge in [0.2, 0.25) is 0 Å². The lowest BCUT2D eigenvalue weighted by atomic mass is 10.2. The van der Waals surface area contributed by atoms with Gasteiger partial charge < -0.3 is 11.1 Å². The molecule has 7 heteroatoms. The van der Waals surface area contributed by atoms with Crippen LogP contribution in [0.4, 0.5) is 21.5 Å². The number of nitrogens with two attached hydrogens (primary N) is 1. The van der Waals surface area contributed by atoms with Gasteiger partial charge in [0.1, 0.15) is 5.82 Å². The molecule has 0 unspecified atom stereocenters. The van der Waals surface area contributed by atoms with Gasteiger partial charge in [0, 0.05) is 4.47 Å². The maximum atomic E-state index is 13.7. The zero-order valence-corrected chi connectivity index (χ0v) is 11.1. The van der Waals surface area contributed by atoms with E-state index in [2.05, 4.69) is 36.2 Å². The van der Waals surface area contributed by atoms with E-state index in [4.69, 9.17) is 5.73 Å². The van der Waals surface area contributed by atoms with Crippen LogP contribution in [0.2, 0.25) is 0 Å². The fourth-order valence-electron chi connectivity index (χ4n) is 1.72. The number of nitrogens with one attached hydrogen (secondary N) is 1. The van der Waals surface area contributed by atoms with Crippen molar-refractivity contribution in [3.8, 4) is 0 Å².